The van der Waals surface area contributed by atoms with Crippen LogP contribution in [0.25, 0.3) is 0 Å². The number of benzene rings is 1. The van der Waals surface area contributed by atoms with Crippen molar-refractivity contribution in [2.24, 2.45) is 0 Å². The normalized spacial score (nSPS) is 17.8. The lowest BCUT2D eigenvalue weighted by Gasteiger charge is -2.39. The van der Waals surface area contributed by atoms with Crippen LogP contribution in [-0.4, -0.2) is 54.6 Å². The van der Waals surface area contributed by atoms with Gasteiger partial charge in [-0.25, -0.2) is 4.98 Å². The van der Waals surface area contributed by atoms with E-state index in [9.17, 15) is 4.79 Å². The topological polar surface area (TPSA) is 39.7 Å². The van der Waals surface area contributed by atoms with E-state index in [0.717, 1.165) is 50.4 Å². The average Bonchev–Trinajstić information content (AvgIpc) is 3.17. The summed E-state index contributed by atoms with van der Waals surface area (Å²) in [6.07, 6.45) is 4.97. The molecule has 0 atom stereocenters. The van der Waals surface area contributed by atoms with Gasteiger partial charge in [0.25, 0.3) is 5.91 Å². The minimum atomic E-state index is 0.0388. The van der Waals surface area contributed by atoms with E-state index in [4.69, 9.17) is 0 Å². The van der Waals surface area contributed by atoms with E-state index < -0.39 is 0 Å². The lowest BCUT2D eigenvalue weighted by atomic mass is 10.0. The fraction of sp³-hybridized carbons (Fsp3) is 0.478. The van der Waals surface area contributed by atoms with Crippen molar-refractivity contribution in [2.75, 3.05) is 36.5 Å². The molecule has 4 rings (SSSR count). The van der Waals surface area contributed by atoms with Crippen LogP contribution in [0.2, 0.25) is 0 Å². The first-order valence-electron chi connectivity index (χ1n) is 10.4. The van der Waals surface area contributed by atoms with Crippen LogP contribution < -0.4 is 9.80 Å². The maximum Gasteiger partial charge on any atom is 0.259 e. The monoisotopic (exact) mass is 378 g/mol. The molecule has 0 spiro atoms. The molecule has 3 heterocycles. The quantitative estimate of drug-likeness (QED) is 0.815. The SMILES string of the molecule is CC(C)N1CCC(N(C)c2ccc(C(=O)N3CCc4ccccc43)cn2)CC1. The van der Waals surface area contributed by atoms with Gasteiger partial charge in [-0.1, -0.05) is 18.2 Å². The van der Waals surface area contributed by atoms with Crippen LogP contribution in [-0.2, 0) is 6.42 Å². The highest BCUT2D eigenvalue weighted by atomic mass is 16.2. The molecule has 1 amide bonds. The molecule has 1 fully saturated rings. The number of aromatic nitrogens is 1. The summed E-state index contributed by atoms with van der Waals surface area (Å²) in [7, 11) is 2.12. The summed E-state index contributed by atoms with van der Waals surface area (Å²) < 4.78 is 0. The summed E-state index contributed by atoms with van der Waals surface area (Å²) in [5.74, 6) is 0.985. The van der Waals surface area contributed by atoms with Crippen molar-refractivity contribution in [3.8, 4) is 0 Å². The number of amides is 1. The Morgan fingerprint density at radius 2 is 1.86 bits per heavy atom. The molecule has 148 valence electrons. The molecule has 28 heavy (non-hydrogen) atoms. The van der Waals surface area contributed by atoms with Crippen LogP contribution in [0.3, 0.4) is 0 Å². The number of nitrogens with zero attached hydrogens (tertiary/aromatic N) is 4. The molecule has 0 saturated carbocycles. The predicted octanol–water partition coefficient (Wildman–Crippen LogP) is 3.59. The Hall–Kier alpha value is -2.40. The third-order valence-electron chi connectivity index (χ3n) is 6.27. The average molecular weight is 379 g/mol. The summed E-state index contributed by atoms with van der Waals surface area (Å²) in [5.41, 5.74) is 2.93. The number of anilines is 2. The van der Waals surface area contributed by atoms with Gasteiger partial charge in [-0.05, 0) is 56.9 Å². The van der Waals surface area contributed by atoms with Crippen molar-refractivity contribution in [2.45, 2.75) is 45.2 Å². The van der Waals surface area contributed by atoms with Gasteiger partial charge < -0.3 is 14.7 Å². The summed E-state index contributed by atoms with van der Waals surface area (Å²) in [4.78, 5) is 24.3. The molecule has 2 aromatic rings. The molecule has 5 heteroatoms. The van der Waals surface area contributed by atoms with Crippen molar-refractivity contribution < 1.29 is 4.79 Å². The maximum atomic E-state index is 13.0. The van der Waals surface area contributed by atoms with Crippen molar-refractivity contribution in [1.82, 2.24) is 9.88 Å². The third-order valence-corrected chi connectivity index (χ3v) is 6.27. The summed E-state index contributed by atoms with van der Waals surface area (Å²) in [6.45, 7) is 7.55. The lowest BCUT2D eigenvalue weighted by Crippen LogP contribution is -2.46. The zero-order chi connectivity index (χ0) is 19.7. The summed E-state index contributed by atoms with van der Waals surface area (Å²) in [6, 6.07) is 13.2. The zero-order valence-corrected chi connectivity index (χ0v) is 17.1. The number of piperidine rings is 1. The van der Waals surface area contributed by atoms with Crippen molar-refractivity contribution in [3.05, 3.63) is 53.7 Å². The molecule has 1 aromatic carbocycles. The van der Waals surface area contributed by atoms with E-state index in [1.807, 2.05) is 35.2 Å². The molecule has 2 aliphatic rings. The first-order chi connectivity index (χ1) is 13.5. The Balaban J connectivity index is 1.42. The number of rotatable bonds is 4. The van der Waals surface area contributed by atoms with Crippen LogP contribution in [0.4, 0.5) is 11.5 Å². The molecule has 1 aromatic heterocycles. The molecular weight excluding hydrogens is 348 g/mol. The fourth-order valence-corrected chi connectivity index (χ4v) is 4.40. The number of para-hydroxylation sites is 1. The third kappa shape index (κ3) is 3.63. The maximum absolute atomic E-state index is 13.0. The Morgan fingerprint density at radius 1 is 1.11 bits per heavy atom. The van der Waals surface area contributed by atoms with E-state index in [0.29, 0.717) is 17.6 Å². The van der Waals surface area contributed by atoms with Gasteiger partial charge in [-0.3, -0.25) is 4.79 Å². The molecule has 1 saturated heterocycles. The Labute approximate surface area is 168 Å². The first-order valence-corrected chi connectivity index (χ1v) is 10.4. The minimum Gasteiger partial charge on any atom is -0.357 e. The van der Waals surface area contributed by atoms with Crippen LogP contribution in [0.15, 0.2) is 42.6 Å². The van der Waals surface area contributed by atoms with Gasteiger partial charge in [-0.2, -0.15) is 0 Å². The first kappa shape index (κ1) is 18.9. The number of fused-ring (bicyclic) bond motifs is 1. The highest BCUT2D eigenvalue weighted by Crippen LogP contribution is 2.29. The summed E-state index contributed by atoms with van der Waals surface area (Å²) in [5, 5.41) is 0. The van der Waals surface area contributed by atoms with Crippen molar-refractivity contribution in [1.29, 1.82) is 0 Å². The molecule has 5 nitrogen and oxygen atoms in total. The van der Waals surface area contributed by atoms with Gasteiger partial charge in [0.1, 0.15) is 5.82 Å². The Morgan fingerprint density at radius 3 is 2.54 bits per heavy atom. The lowest BCUT2D eigenvalue weighted by molar-refractivity contribution is 0.0989. The highest BCUT2D eigenvalue weighted by molar-refractivity contribution is 6.07. The fourth-order valence-electron chi connectivity index (χ4n) is 4.40. The zero-order valence-electron chi connectivity index (χ0n) is 17.1. The number of likely N-dealkylation sites (tertiary alicyclic amines) is 1. The van der Waals surface area contributed by atoms with Gasteiger partial charge in [0.15, 0.2) is 0 Å². The highest BCUT2D eigenvalue weighted by Gasteiger charge is 2.27. The molecule has 0 bridgehead atoms. The van der Waals surface area contributed by atoms with Crippen LogP contribution >= 0.6 is 0 Å². The van der Waals surface area contributed by atoms with Crippen molar-refractivity contribution in [3.63, 3.8) is 0 Å². The van der Waals surface area contributed by atoms with Gasteiger partial charge in [0, 0.05) is 50.6 Å². The minimum absolute atomic E-state index is 0.0388. The number of pyridine rings is 1. The molecule has 0 radical (unpaired) electrons. The Bertz CT molecular complexity index is 825. The van der Waals surface area contributed by atoms with E-state index in [1.165, 1.54) is 5.56 Å². The molecule has 2 aliphatic heterocycles. The predicted molar refractivity (Wildman–Crippen MR) is 114 cm³/mol. The second-order valence-electron chi connectivity index (χ2n) is 8.21. The number of hydrogen-bond acceptors (Lipinski definition) is 4. The standard InChI is InChI=1S/C23H30N4O/c1-17(2)26-13-11-20(12-14-26)25(3)22-9-8-19(16-24-22)23(28)27-15-10-18-6-4-5-7-21(18)27/h4-9,16-17,20H,10-15H2,1-3H3. The van der Waals surface area contributed by atoms with E-state index >= 15 is 0 Å². The van der Waals surface area contributed by atoms with Crippen molar-refractivity contribution >= 4 is 17.4 Å². The largest absolute Gasteiger partial charge is 0.357 e. The van der Waals surface area contributed by atoms with E-state index in [-0.39, 0.29) is 5.91 Å². The van der Waals surface area contributed by atoms with Gasteiger partial charge >= 0.3 is 0 Å². The van der Waals surface area contributed by atoms with E-state index in [2.05, 4.69) is 41.7 Å². The Kier molecular flexibility index (Phi) is 5.36. The second-order valence-corrected chi connectivity index (χ2v) is 8.21. The number of hydrogen-bond donors (Lipinski definition) is 0. The van der Waals surface area contributed by atoms with Gasteiger partial charge in [0.2, 0.25) is 0 Å². The van der Waals surface area contributed by atoms with Crippen LogP contribution in [0.1, 0.15) is 42.6 Å². The van der Waals surface area contributed by atoms with E-state index in [1.54, 1.807) is 6.20 Å². The van der Waals surface area contributed by atoms with Gasteiger partial charge in [-0.15, -0.1) is 0 Å². The van der Waals surface area contributed by atoms with Gasteiger partial charge in [0.05, 0.1) is 5.56 Å². The molecular formula is C23H30N4O. The summed E-state index contributed by atoms with van der Waals surface area (Å²) >= 11 is 0. The number of carbonyl (C=O) groups excluding carboxylic acids is 1. The van der Waals surface area contributed by atoms with Crippen LogP contribution in [0.5, 0.6) is 0 Å². The number of carbonyl (C=O) groups is 1. The smallest absolute Gasteiger partial charge is 0.259 e. The second kappa shape index (κ2) is 7.92. The molecule has 0 N–H and O–H groups in total. The molecule has 0 unspecified atom stereocenters. The van der Waals surface area contributed by atoms with Crippen LogP contribution in [0, 0.1) is 0 Å². The molecule has 0 aliphatic carbocycles.